The summed E-state index contributed by atoms with van der Waals surface area (Å²) in [5.41, 5.74) is 4.64. The number of hydrazine groups is 1. The Morgan fingerprint density at radius 3 is 2.48 bits per heavy atom. The second-order valence-electron chi connectivity index (χ2n) is 4.60. The molecule has 0 saturated heterocycles. The van der Waals surface area contributed by atoms with Gasteiger partial charge < -0.3 is 4.74 Å². The highest BCUT2D eigenvalue weighted by Gasteiger charge is 2.26. The van der Waals surface area contributed by atoms with Crippen LogP contribution in [0.2, 0.25) is 10.0 Å². The highest BCUT2D eigenvalue weighted by atomic mass is 35.5. The molecule has 0 saturated carbocycles. The maximum Gasteiger partial charge on any atom is 0.103 e. The van der Waals surface area contributed by atoms with Gasteiger partial charge in [-0.3, -0.25) is 5.84 Å². The summed E-state index contributed by atoms with van der Waals surface area (Å²) < 4.78 is 5.89. The van der Waals surface area contributed by atoms with Crippen LogP contribution in [0.1, 0.15) is 30.2 Å². The fraction of sp³-hybridized carbons (Fsp3) is 0.250. The topological polar surface area (TPSA) is 47.3 Å². The SMILES string of the molecule is CCOC(c1ccccc1)C(NN)c1cc(Cl)ccc1Cl. The largest absolute Gasteiger partial charge is 0.372 e. The molecule has 3 N–H and O–H groups in total. The van der Waals surface area contributed by atoms with Crippen molar-refractivity contribution in [2.45, 2.75) is 19.1 Å². The van der Waals surface area contributed by atoms with E-state index in [0.717, 1.165) is 11.1 Å². The Hall–Kier alpha value is -1.10. The van der Waals surface area contributed by atoms with Gasteiger partial charge in [0, 0.05) is 16.7 Å². The van der Waals surface area contributed by atoms with Crippen molar-refractivity contribution in [3.8, 4) is 0 Å². The number of rotatable bonds is 6. The third kappa shape index (κ3) is 3.96. The van der Waals surface area contributed by atoms with Gasteiger partial charge in [0.05, 0.1) is 6.04 Å². The van der Waals surface area contributed by atoms with E-state index in [1.807, 2.05) is 43.3 Å². The van der Waals surface area contributed by atoms with Crippen LogP contribution < -0.4 is 11.3 Å². The molecular formula is C16H18Cl2N2O. The van der Waals surface area contributed by atoms with Crippen LogP contribution in [-0.4, -0.2) is 6.61 Å². The van der Waals surface area contributed by atoms with Crippen LogP contribution >= 0.6 is 23.2 Å². The molecule has 0 aliphatic rings. The van der Waals surface area contributed by atoms with Gasteiger partial charge in [0.1, 0.15) is 6.10 Å². The molecule has 3 nitrogen and oxygen atoms in total. The first kappa shape index (κ1) is 16.3. The molecule has 0 spiro atoms. The molecule has 0 heterocycles. The number of benzene rings is 2. The molecule has 2 unspecified atom stereocenters. The van der Waals surface area contributed by atoms with E-state index in [4.69, 9.17) is 33.8 Å². The zero-order valence-corrected chi connectivity index (χ0v) is 13.2. The molecule has 0 aromatic heterocycles. The Morgan fingerprint density at radius 2 is 1.86 bits per heavy atom. The summed E-state index contributed by atoms with van der Waals surface area (Å²) in [4.78, 5) is 0. The van der Waals surface area contributed by atoms with Gasteiger partial charge in [-0.1, -0.05) is 53.5 Å². The van der Waals surface area contributed by atoms with Crippen molar-refractivity contribution in [1.82, 2.24) is 5.43 Å². The Morgan fingerprint density at radius 1 is 1.14 bits per heavy atom. The van der Waals surface area contributed by atoms with E-state index in [9.17, 15) is 0 Å². The minimum atomic E-state index is -0.293. The molecule has 0 bridgehead atoms. The maximum absolute atomic E-state index is 6.29. The molecule has 0 aliphatic heterocycles. The minimum Gasteiger partial charge on any atom is -0.372 e. The zero-order chi connectivity index (χ0) is 15.2. The molecule has 0 radical (unpaired) electrons. The lowest BCUT2D eigenvalue weighted by Gasteiger charge is -2.28. The van der Waals surface area contributed by atoms with Crippen LogP contribution in [-0.2, 0) is 4.74 Å². The van der Waals surface area contributed by atoms with E-state index in [0.29, 0.717) is 16.7 Å². The van der Waals surface area contributed by atoms with Gasteiger partial charge in [-0.2, -0.15) is 0 Å². The Kier molecular flexibility index (Phi) is 6.03. The number of ether oxygens (including phenoxy) is 1. The van der Waals surface area contributed by atoms with Crippen molar-refractivity contribution >= 4 is 23.2 Å². The van der Waals surface area contributed by atoms with Crippen LogP contribution in [0, 0.1) is 0 Å². The molecule has 0 fully saturated rings. The highest BCUT2D eigenvalue weighted by molar-refractivity contribution is 6.33. The Balaban J connectivity index is 2.43. The molecule has 112 valence electrons. The van der Waals surface area contributed by atoms with E-state index in [1.54, 1.807) is 12.1 Å². The van der Waals surface area contributed by atoms with Crippen LogP contribution in [0.5, 0.6) is 0 Å². The average molecular weight is 325 g/mol. The van der Waals surface area contributed by atoms with Gasteiger partial charge in [0.2, 0.25) is 0 Å². The lowest BCUT2D eigenvalue weighted by Crippen LogP contribution is -2.34. The smallest absolute Gasteiger partial charge is 0.103 e. The zero-order valence-electron chi connectivity index (χ0n) is 11.7. The van der Waals surface area contributed by atoms with E-state index in [1.165, 1.54) is 0 Å². The number of halogens is 2. The molecule has 0 aliphatic carbocycles. The van der Waals surface area contributed by atoms with Gasteiger partial charge in [-0.15, -0.1) is 0 Å². The summed E-state index contributed by atoms with van der Waals surface area (Å²) in [6.45, 7) is 2.51. The summed E-state index contributed by atoms with van der Waals surface area (Å²) in [5, 5.41) is 1.21. The molecule has 2 rings (SSSR count). The maximum atomic E-state index is 6.29. The van der Waals surface area contributed by atoms with Gasteiger partial charge in [0.15, 0.2) is 0 Å². The van der Waals surface area contributed by atoms with Crippen LogP contribution in [0.4, 0.5) is 0 Å². The summed E-state index contributed by atoms with van der Waals surface area (Å²) in [6, 6.07) is 14.9. The first-order chi connectivity index (χ1) is 10.2. The lowest BCUT2D eigenvalue weighted by atomic mass is 9.96. The number of hydrogen-bond acceptors (Lipinski definition) is 3. The second kappa shape index (κ2) is 7.78. The molecule has 2 aromatic rings. The van der Waals surface area contributed by atoms with Crippen molar-refractivity contribution < 1.29 is 4.74 Å². The summed E-state index contributed by atoms with van der Waals surface area (Å²) in [5.74, 6) is 5.76. The fourth-order valence-electron chi connectivity index (χ4n) is 2.30. The molecule has 21 heavy (non-hydrogen) atoms. The van der Waals surface area contributed by atoms with Gasteiger partial charge in [-0.25, -0.2) is 5.43 Å². The molecule has 5 heteroatoms. The fourth-order valence-corrected chi connectivity index (χ4v) is 2.72. The number of nitrogens with two attached hydrogens (primary N) is 1. The van der Waals surface area contributed by atoms with Crippen LogP contribution in [0.15, 0.2) is 48.5 Å². The Bertz CT molecular complexity index is 578. The molecule has 2 aromatic carbocycles. The van der Waals surface area contributed by atoms with Crippen molar-refractivity contribution in [1.29, 1.82) is 0 Å². The highest BCUT2D eigenvalue weighted by Crippen LogP contribution is 2.36. The van der Waals surface area contributed by atoms with Crippen molar-refractivity contribution in [2.75, 3.05) is 6.61 Å². The van der Waals surface area contributed by atoms with E-state index < -0.39 is 0 Å². The second-order valence-corrected chi connectivity index (χ2v) is 5.44. The molecular weight excluding hydrogens is 307 g/mol. The van der Waals surface area contributed by atoms with Crippen molar-refractivity contribution in [3.63, 3.8) is 0 Å². The number of nitrogens with one attached hydrogen (secondary N) is 1. The minimum absolute atomic E-state index is 0.253. The predicted octanol–water partition coefficient (Wildman–Crippen LogP) is 4.28. The Labute approximate surface area is 135 Å². The number of hydrogen-bond donors (Lipinski definition) is 2. The third-order valence-corrected chi connectivity index (χ3v) is 3.83. The quantitative estimate of drug-likeness (QED) is 0.616. The van der Waals surface area contributed by atoms with E-state index >= 15 is 0 Å². The van der Waals surface area contributed by atoms with E-state index in [2.05, 4.69) is 5.43 Å². The van der Waals surface area contributed by atoms with Crippen molar-refractivity contribution in [3.05, 3.63) is 69.7 Å². The predicted molar refractivity (Wildman–Crippen MR) is 87.3 cm³/mol. The standard InChI is InChI=1S/C16H18Cl2N2O/c1-2-21-16(11-6-4-3-5-7-11)15(20-19)13-10-12(17)8-9-14(13)18/h3-10,15-16,20H,2,19H2,1H3. The van der Waals surface area contributed by atoms with Crippen molar-refractivity contribution in [2.24, 2.45) is 5.84 Å². The summed E-state index contributed by atoms with van der Waals surface area (Å²) >= 11 is 12.4. The van der Waals surface area contributed by atoms with Crippen LogP contribution in [0.3, 0.4) is 0 Å². The monoisotopic (exact) mass is 324 g/mol. The van der Waals surface area contributed by atoms with Gasteiger partial charge in [0.25, 0.3) is 0 Å². The third-order valence-electron chi connectivity index (χ3n) is 3.25. The first-order valence-corrected chi connectivity index (χ1v) is 7.50. The molecule has 0 amide bonds. The normalized spacial score (nSPS) is 13.9. The molecule has 2 atom stereocenters. The average Bonchev–Trinajstić information content (AvgIpc) is 2.51. The van der Waals surface area contributed by atoms with E-state index in [-0.39, 0.29) is 12.1 Å². The summed E-state index contributed by atoms with van der Waals surface area (Å²) in [6.07, 6.45) is -0.253. The van der Waals surface area contributed by atoms with Gasteiger partial charge in [-0.05, 0) is 36.2 Å². The van der Waals surface area contributed by atoms with Crippen LogP contribution in [0.25, 0.3) is 0 Å². The lowest BCUT2D eigenvalue weighted by molar-refractivity contribution is 0.0327. The summed E-state index contributed by atoms with van der Waals surface area (Å²) in [7, 11) is 0. The first-order valence-electron chi connectivity index (χ1n) is 6.75. The van der Waals surface area contributed by atoms with Gasteiger partial charge >= 0.3 is 0 Å².